The number of nitriles is 1. The van der Waals surface area contributed by atoms with Gasteiger partial charge >= 0.3 is 0 Å². The third-order valence-corrected chi connectivity index (χ3v) is 3.34. The Balaban J connectivity index is 1.68. The molecule has 2 aromatic heterocycles. The number of anilines is 2. The second kappa shape index (κ2) is 4.81. The molecule has 0 radical (unpaired) electrons. The molecule has 1 aliphatic heterocycles. The molecule has 0 amide bonds. The van der Waals surface area contributed by atoms with Gasteiger partial charge in [0.05, 0.1) is 17.8 Å². The third-order valence-electron chi connectivity index (χ3n) is 3.34. The van der Waals surface area contributed by atoms with Crippen molar-refractivity contribution in [3.05, 3.63) is 30.2 Å². The summed E-state index contributed by atoms with van der Waals surface area (Å²) < 4.78 is 1.84. The van der Waals surface area contributed by atoms with E-state index in [1.807, 2.05) is 29.7 Å². The van der Waals surface area contributed by atoms with E-state index in [4.69, 9.17) is 5.26 Å². The van der Waals surface area contributed by atoms with E-state index in [-0.39, 0.29) is 6.04 Å². The Hall–Kier alpha value is -2.62. The van der Waals surface area contributed by atoms with Crippen LogP contribution in [0.4, 0.5) is 11.8 Å². The van der Waals surface area contributed by atoms with E-state index in [0.29, 0.717) is 5.56 Å². The highest BCUT2D eigenvalue weighted by Crippen LogP contribution is 2.25. The fourth-order valence-corrected chi connectivity index (χ4v) is 2.12. The molecule has 7 nitrogen and oxygen atoms in total. The summed E-state index contributed by atoms with van der Waals surface area (Å²) in [6.45, 7) is 1.62. The fraction of sp³-hybridized carbons (Fsp3) is 0.385. The molecule has 0 aliphatic carbocycles. The van der Waals surface area contributed by atoms with Crippen LogP contribution in [0.1, 0.15) is 11.6 Å². The van der Waals surface area contributed by atoms with E-state index in [2.05, 4.69) is 26.0 Å². The van der Waals surface area contributed by atoms with Crippen molar-refractivity contribution in [2.75, 3.05) is 37.0 Å². The molecule has 2 aromatic rings. The lowest BCUT2D eigenvalue weighted by Crippen LogP contribution is -2.48. The zero-order valence-electron chi connectivity index (χ0n) is 11.4. The van der Waals surface area contributed by atoms with Gasteiger partial charge in [0.2, 0.25) is 5.95 Å². The van der Waals surface area contributed by atoms with Crippen LogP contribution in [-0.2, 0) is 0 Å². The quantitative estimate of drug-likeness (QED) is 0.815. The van der Waals surface area contributed by atoms with E-state index in [1.165, 1.54) is 0 Å². The molecule has 3 rings (SSSR count). The van der Waals surface area contributed by atoms with E-state index in [0.717, 1.165) is 24.9 Å². The van der Waals surface area contributed by atoms with Crippen molar-refractivity contribution in [3.63, 3.8) is 0 Å². The second-order valence-corrected chi connectivity index (χ2v) is 4.99. The van der Waals surface area contributed by atoms with Crippen LogP contribution in [0.15, 0.2) is 24.7 Å². The summed E-state index contributed by atoms with van der Waals surface area (Å²) in [5.74, 6) is 1.63. The van der Waals surface area contributed by atoms with E-state index >= 15 is 0 Å². The Morgan fingerprint density at radius 1 is 1.40 bits per heavy atom. The summed E-state index contributed by atoms with van der Waals surface area (Å²) in [4.78, 5) is 12.9. The molecular formula is C13H15N7. The normalized spacial score (nSPS) is 14.8. The van der Waals surface area contributed by atoms with Crippen LogP contribution in [0.3, 0.4) is 0 Å². The summed E-state index contributed by atoms with van der Waals surface area (Å²) in [5.41, 5.74) is 0.592. The third kappa shape index (κ3) is 2.16. The van der Waals surface area contributed by atoms with Crippen molar-refractivity contribution in [2.24, 2.45) is 0 Å². The first-order chi connectivity index (χ1) is 9.67. The average molecular weight is 269 g/mol. The molecule has 0 bridgehead atoms. The molecule has 0 N–H and O–H groups in total. The lowest BCUT2D eigenvalue weighted by Gasteiger charge is -2.39. The molecule has 0 atom stereocenters. The van der Waals surface area contributed by atoms with Crippen molar-refractivity contribution in [1.29, 1.82) is 5.26 Å². The zero-order valence-corrected chi connectivity index (χ0v) is 11.4. The average Bonchev–Trinajstić information content (AvgIpc) is 2.86. The minimum absolute atomic E-state index is 0.281. The van der Waals surface area contributed by atoms with Crippen LogP contribution >= 0.6 is 0 Å². The van der Waals surface area contributed by atoms with Crippen molar-refractivity contribution in [1.82, 2.24) is 19.7 Å². The minimum atomic E-state index is 0.281. The van der Waals surface area contributed by atoms with Gasteiger partial charge in [-0.15, -0.1) is 0 Å². The highest BCUT2D eigenvalue weighted by atomic mass is 15.4. The Morgan fingerprint density at radius 3 is 2.85 bits per heavy atom. The molecule has 0 saturated carbocycles. The summed E-state index contributed by atoms with van der Waals surface area (Å²) in [6, 6.07) is 4.25. The molecule has 20 heavy (non-hydrogen) atoms. The van der Waals surface area contributed by atoms with Crippen LogP contribution in [-0.4, -0.2) is 46.9 Å². The van der Waals surface area contributed by atoms with Gasteiger partial charge in [-0.3, -0.25) is 4.68 Å². The number of hydrogen-bond donors (Lipinski definition) is 0. The summed E-state index contributed by atoms with van der Waals surface area (Å²) >= 11 is 0. The number of rotatable bonds is 3. The molecule has 1 aliphatic rings. The SMILES string of the molecule is CN(C)c1ccnc(N2CC(n3cc(C#N)cn3)C2)n1. The Kier molecular flexibility index (Phi) is 2.99. The van der Waals surface area contributed by atoms with Crippen LogP contribution < -0.4 is 9.80 Å². The number of aromatic nitrogens is 4. The van der Waals surface area contributed by atoms with Gasteiger partial charge in [0.25, 0.3) is 0 Å². The maximum Gasteiger partial charge on any atom is 0.227 e. The Labute approximate surface area is 117 Å². The topological polar surface area (TPSA) is 73.9 Å². The van der Waals surface area contributed by atoms with E-state index in [9.17, 15) is 0 Å². The molecular weight excluding hydrogens is 254 g/mol. The van der Waals surface area contributed by atoms with Crippen molar-refractivity contribution in [3.8, 4) is 6.07 Å². The van der Waals surface area contributed by atoms with Crippen molar-refractivity contribution in [2.45, 2.75) is 6.04 Å². The molecule has 3 heterocycles. The van der Waals surface area contributed by atoms with Crippen LogP contribution in [0, 0.1) is 11.3 Å². The van der Waals surface area contributed by atoms with Gasteiger partial charge in [0, 0.05) is 39.6 Å². The molecule has 0 aromatic carbocycles. The van der Waals surface area contributed by atoms with Gasteiger partial charge in [0.15, 0.2) is 0 Å². The van der Waals surface area contributed by atoms with Crippen LogP contribution in [0.25, 0.3) is 0 Å². The first kappa shape index (κ1) is 12.4. The van der Waals surface area contributed by atoms with Crippen LogP contribution in [0.5, 0.6) is 0 Å². The molecule has 1 saturated heterocycles. The molecule has 7 heteroatoms. The molecule has 102 valence electrons. The fourth-order valence-electron chi connectivity index (χ4n) is 2.12. The standard InChI is InChI=1S/C13H15N7/c1-18(2)12-3-4-15-13(17-12)19-8-11(9-19)20-7-10(5-14)6-16-20/h3-4,6-7,11H,8-9H2,1-2H3. The predicted octanol–water partition coefficient (Wildman–Crippen LogP) is 0.672. The largest absolute Gasteiger partial charge is 0.363 e. The van der Waals surface area contributed by atoms with Gasteiger partial charge in [-0.2, -0.15) is 15.3 Å². The first-order valence-electron chi connectivity index (χ1n) is 6.37. The monoisotopic (exact) mass is 269 g/mol. The summed E-state index contributed by atoms with van der Waals surface area (Å²) in [7, 11) is 3.91. The van der Waals surface area contributed by atoms with E-state index < -0.39 is 0 Å². The maximum atomic E-state index is 8.80. The van der Waals surface area contributed by atoms with Gasteiger partial charge < -0.3 is 9.80 Å². The Morgan fingerprint density at radius 2 is 2.20 bits per heavy atom. The van der Waals surface area contributed by atoms with Gasteiger partial charge in [-0.25, -0.2) is 4.98 Å². The zero-order chi connectivity index (χ0) is 14.1. The summed E-state index contributed by atoms with van der Waals surface area (Å²) in [5, 5.41) is 13.0. The Bertz CT molecular complexity index is 649. The first-order valence-corrected chi connectivity index (χ1v) is 6.37. The maximum absolute atomic E-state index is 8.80. The van der Waals surface area contributed by atoms with Crippen LogP contribution in [0.2, 0.25) is 0 Å². The predicted molar refractivity (Wildman–Crippen MR) is 74.6 cm³/mol. The molecule has 0 spiro atoms. The number of hydrogen-bond acceptors (Lipinski definition) is 6. The summed E-state index contributed by atoms with van der Waals surface area (Å²) in [6.07, 6.45) is 5.14. The molecule has 0 unspecified atom stereocenters. The highest BCUT2D eigenvalue weighted by Gasteiger charge is 2.30. The van der Waals surface area contributed by atoms with Gasteiger partial charge in [-0.1, -0.05) is 0 Å². The second-order valence-electron chi connectivity index (χ2n) is 4.99. The number of nitrogens with zero attached hydrogens (tertiary/aromatic N) is 7. The lowest BCUT2D eigenvalue weighted by molar-refractivity contribution is 0.363. The van der Waals surface area contributed by atoms with E-state index in [1.54, 1.807) is 18.6 Å². The van der Waals surface area contributed by atoms with Gasteiger partial charge in [0.1, 0.15) is 11.9 Å². The smallest absolute Gasteiger partial charge is 0.227 e. The molecule has 1 fully saturated rings. The van der Waals surface area contributed by atoms with Gasteiger partial charge in [-0.05, 0) is 6.07 Å². The van der Waals surface area contributed by atoms with Crippen molar-refractivity contribution < 1.29 is 0 Å². The lowest BCUT2D eigenvalue weighted by atomic mass is 10.1. The minimum Gasteiger partial charge on any atom is -0.363 e. The highest BCUT2D eigenvalue weighted by molar-refractivity contribution is 5.44. The van der Waals surface area contributed by atoms with Crippen molar-refractivity contribution >= 4 is 11.8 Å².